The first-order valence-corrected chi connectivity index (χ1v) is 7.03. The number of likely N-dealkylation sites (N-methyl/N-ethyl adjacent to an activating group) is 1. The summed E-state index contributed by atoms with van der Waals surface area (Å²) in [5.74, 6) is 0.243. The van der Waals surface area contributed by atoms with E-state index in [4.69, 9.17) is 0 Å². The van der Waals surface area contributed by atoms with Gasteiger partial charge in [-0.15, -0.1) is 0 Å². The van der Waals surface area contributed by atoms with Gasteiger partial charge in [0.15, 0.2) is 0 Å². The fourth-order valence-electron chi connectivity index (χ4n) is 2.62. The number of hydrogen-bond donors (Lipinski definition) is 2. The number of phenols is 1. The second kappa shape index (κ2) is 6.57. The van der Waals surface area contributed by atoms with Crippen LogP contribution in [0, 0.1) is 0 Å². The van der Waals surface area contributed by atoms with Crippen LogP contribution in [0.15, 0.2) is 24.3 Å². The fourth-order valence-corrected chi connectivity index (χ4v) is 2.62. The van der Waals surface area contributed by atoms with E-state index in [1.54, 1.807) is 23.1 Å². The van der Waals surface area contributed by atoms with Crippen LogP contribution in [0.5, 0.6) is 5.75 Å². The summed E-state index contributed by atoms with van der Waals surface area (Å²) >= 11 is 0. The summed E-state index contributed by atoms with van der Waals surface area (Å²) in [6, 6.07) is 7.32. The molecule has 2 rings (SSSR count). The third-order valence-corrected chi connectivity index (χ3v) is 3.66. The van der Waals surface area contributed by atoms with Gasteiger partial charge in [0.2, 0.25) is 5.91 Å². The lowest BCUT2D eigenvalue weighted by Gasteiger charge is -2.22. The molecule has 0 aliphatic heterocycles. The molecular formula is C15H22N2O2. The topological polar surface area (TPSA) is 52.6 Å². The quantitative estimate of drug-likeness (QED) is 0.856. The first kappa shape index (κ1) is 13.9. The highest BCUT2D eigenvalue weighted by atomic mass is 16.3. The Bertz CT molecular complexity index is 428. The Morgan fingerprint density at radius 1 is 1.42 bits per heavy atom. The van der Waals surface area contributed by atoms with Gasteiger partial charge in [-0.1, -0.05) is 18.9 Å². The molecule has 19 heavy (non-hydrogen) atoms. The van der Waals surface area contributed by atoms with Crippen molar-refractivity contribution in [3.05, 3.63) is 24.3 Å². The third kappa shape index (κ3) is 3.70. The summed E-state index contributed by atoms with van der Waals surface area (Å²) in [5, 5.41) is 12.8. The molecule has 104 valence electrons. The molecule has 1 amide bonds. The standard InChI is InChI=1S/C15H22N2O2/c1-2-17(13-8-5-9-14(18)10-13)15(19)11-16-12-6-3-4-7-12/h5,8-10,12,16,18H,2-4,6-7,11H2,1H3. The van der Waals surface area contributed by atoms with Gasteiger partial charge in [-0.05, 0) is 31.9 Å². The van der Waals surface area contributed by atoms with Crippen LogP contribution < -0.4 is 10.2 Å². The molecule has 1 aromatic rings. The van der Waals surface area contributed by atoms with Crippen molar-refractivity contribution >= 4 is 11.6 Å². The van der Waals surface area contributed by atoms with Crippen molar-refractivity contribution in [1.29, 1.82) is 0 Å². The van der Waals surface area contributed by atoms with E-state index >= 15 is 0 Å². The van der Waals surface area contributed by atoms with Gasteiger partial charge in [-0.2, -0.15) is 0 Å². The van der Waals surface area contributed by atoms with E-state index in [0.29, 0.717) is 19.1 Å². The van der Waals surface area contributed by atoms with Crippen LogP contribution in [0.3, 0.4) is 0 Å². The summed E-state index contributed by atoms with van der Waals surface area (Å²) in [4.78, 5) is 13.9. The maximum absolute atomic E-state index is 12.2. The lowest BCUT2D eigenvalue weighted by atomic mass is 10.2. The zero-order valence-corrected chi connectivity index (χ0v) is 11.4. The van der Waals surface area contributed by atoms with Gasteiger partial charge in [0.05, 0.1) is 6.54 Å². The smallest absolute Gasteiger partial charge is 0.240 e. The van der Waals surface area contributed by atoms with Crippen LogP contribution in [0.25, 0.3) is 0 Å². The number of carbonyl (C=O) groups is 1. The van der Waals surface area contributed by atoms with E-state index in [1.165, 1.54) is 25.7 Å². The molecule has 0 unspecified atom stereocenters. The highest BCUT2D eigenvalue weighted by Gasteiger charge is 2.18. The number of amides is 1. The van der Waals surface area contributed by atoms with E-state index in [2.05, 4.69) is 5.32 Å². The molecule has 0 aromatic heterocycles. The Hall–Kier alpha value is -1.55. The predicted octanol–water partition coefficient (Wildman–Crippen LogP) is 2.28. The first-order chi connectivity index (χ1) is 9.20. The summed E-state index contributed by atoms with van der Waals surface area (Å²) in [6.45, 7) is 2.92. The van der Waals surface area contributed by atoms with E-state index in [1.807, 2.05) is 13.0 Å². The SMILES string of the molecule is CCN(C(=O)CNC1CCCC1)c1cccc(O)c1. The van der Waals surface area contributed by atoms with E-state index < -0.39 is 0 Å². The maximum atomic E-state index is 12.2. The van der Waals surface area contributed by atoms with Crippen molar-refractivity contribution < 1.29 is 9.90 Å². The number of aromatic hydroxyl groups is 1. The maximum Gasteiger partial charge on any atom is 0.240 e. The van der Waals surface area contributed by atoms with Gasteiger partial charge in [-0.3, -0.25) is 4.79 Å². The number of benzene rings is 1. The summed E-state index contributed by atoms with van der Waals surface area (Å²) in [5.41, 5.74) is 0.751. The number of hydrogen-bond acceptors (Lipinski definition) is 3. The molecule has 0 saturated heterocycles. The van der Waals surface area contributed by atoms with Crippen molar-refractivity contribution in [1.82, 2.24) is 5.32 Å². The van der Waals surface area contributed by atoms with Crippen LogP contribution in [0.1, 0.15) is 32.6 Å². The second-order valence-corrected chi connectivity index (χ2v) is 5.02. The zero-order valence-electron chi connectivity index (χ0n) is 11.4. The largest absolute Gasteiger partial charge is 0.508 e. The summed E-state index contributed by atoms with van der Waals surface area (Å²) in [6.07, 6.45) is 4.86. The molecule has 1 saturated carbocycles. The molecule has 4 nitrogen and oxygen atoms in total. The van der Waals surface area contributed by atoms with Crippen molar-refractivity contribution in [3.63, 3.8) is 0 Å². The van der Waals surface area contributed by atoms with E-state index in [0.717, 1.165) is 5.69 Å². The van der Waals surface area contributed by atoms with Crippen LogP contribution >= 0.6 is 0 Å². The summed E-state index contributed by atoms with van der Waals surface area (Å²) in [7, 11) is 0. The molecule has 0 radical (unpaired) electrons. The van der Waals surface area contributed by atoms with Gasteiger partial charge >= 0.3 is 0 Å². The highest BCUT2D eigenvalue weighted by molar-refractivity contribution is 5.94. The second-order valence-electron chi connectivity index (χ2n) is 5.02. The van der Waals surface area contributed by atoms with E-state index in [9.17, 15) is 9.90 Å². The first-order valence-electron chi connectivity index (χ1n) is 7.03. The minimum absolute atomic E-state index is 0.0556. The van der Waals surface area contributed by atoms with Crippen molar-refractivity contribution in [3.8, 4) is 5.75 Å². The number of anilines is 1. The van der Waals surface area contributed by atoms with Crippen LogP contribution in [-0.2, 0) is 4.79 Å². The van der Waals surface area contributed by atoms with E-state index in [-0.39, 0.29) is 11.7 Å². The lowest BCUT2D eigenvalue weighted by molar-refractivity contribution is -0.117. The van der Waals surface area contributed by atoms with Gasteiger partial charge < -0.3 is 15.3 Å². The van der Waals surface area contributed by atoms with Gasteiger partial charge in [0.25, 0.3) is 0 Å². The highest BCUT2D eigenvalue weighted by Crippen LogP contribution is 2.20. The van der Waals surface area contributed by atoms with Gasteiger partial charge in [0.1, 0.15) is 5.75 Å². The van der Waals surface area contributed by atoms with Crippen LogP contribution in [0.4, 0.5) is 5.69 Å². The molecular weight excluding hydrogens is 240 g/mol. The van der Waals surface area contributed by atoms with Crippen molar-refractivity contribution in [2.24, 2.45) is 0 Å². The Labute approximate surface area is 114 Å². The lowest BCUT2D eigenvalue weighted by Crippen LogP contribution is -2.41. The Morgan fingerprint density at radius 3 is 2.79 bits per heavy atom. The zero-order chi connectivity index (χ0) is 13.7. The third-order valence-electron chi connectivity index (χ3n) is 3.66. The predicted molar refractivity (Wildman–Crippen MR) is 76.4 cm³/mol. The Balaban J connectivity index is 1.94. The Morgan fingerprint density at radius 2 is 2.16 bits per heavy atom. The minimum atomic E-state index is 0.0556. The summed E-state index contributed by atoms with van der Waals surface area (Å²) < 4.78 is 0. The molecule has 1 aromatic carbocycles. The fraction of sp³-hybridized carbons (Fsp3) is 0.533. The van der Waals surface area contributed by atoms with Gasteiger partial charge in [0, 0.05) is 24.3 Å². The number of rotatable bonds is 5. The average Bonchev–Trinajstić information content (AvgIpc) is 2.90. The monoisotopic (exact) mass is 262 g/mol. The molecule has 1 aliphatic carbocycles. The molecule has 1 fully saturated rings. The molecule has 0 bridgehead atoms. The number of nitrogens with zero attached hydrogens (tertiary/aromatic N) is 1. The molecule has 2 N–H and O–H groups in total. The number of carbonyl (C=O) groups excluding carboxylic acids is 1. The van der Waals surface area contributed by atoms with Crippen LogP contribution in [0.2, 0.25) is 0 Å². The molecule has 0 heterocycles. The molecule has 4 heteroatoms. The Kier molecular flexibility index (Phi) is 4.80. The number of nitrogens with one attached hydrogen (secondary N) is 1. The molecule has 0 spiro atoms. The van der Waals surface area contributed by atoms with Crippen molar-refractivity contribution in [2.75, 3.05) is 18.0 Å². The normalized spacial score (nSPS) is 15.6. The number of phenolic OH excluding ortho intramolecular Hbond substituents is 1. The minimum Gasteiger partial charge on any atom is -0.508 e. The van der Waals surface area contributed by atoms with Gasteiger partial charge in [-0.25, -0.2) is 0 Å². The van der Waals surface area contributed by atoms with Crippen molar-refractivity contribution in [2.45, 2.75) is 38.6 Å². The van der Waals surface area contributed by atoms with Crippen LogP contribution in [-0.4, -0.2) is 30.1 Å². The molecule has 0 atom stereocenters. The molecule has 1 aliphatic rings. The average molecular weight is 262 g/mol.